The van der Waals surface area contributed by atoms with Gasteiger partial charge in [0.2, 0.25) is 0 Å². The molecule has 0 heterocycles. The number of carbonyl (C=O) groups excluding carboxylic acids is 1. The van der Waals surface area contributed by atoms with Crippen molar-refractivity contribution in [2.75, 3.05) is 18.1 Å². The summed E-state index contributed by atoms with van der Waals surface area (Å²) in [4.78, 5) is 12.7. The Balaban J connectivity index is 2.00. The normalized spacial score (nSPS) is 19.7. The van der Waals surface area contributed by atoms with Gasteiger partial charge < -0.3 is 10.1 Å². The highest BCUT2D eigenvalue weighted by molar-refractivity contribution is 7.99. The van der Waals surface area contributed by atoms with Gasteiger partial charge in [0.15, 0.2) is 0 Å². The Morgan fingerprint density at radius 2 is 1.86 bits per heavy atom. The van der Waals surface area contributed by atoms with E-state index in [1.54, 1.807) is 12.1 Å². The maximum absolute atomic E-state index is 12.7. The van der Waals surface area contributed by atoms with Crippen LogP contribution in [0.4, 0.5) is 0 Å². The molecule has 0 aromatic heterocycles. The fraction of sp³-hybridized carbons (Fsp3) is 0.667. The van der Waals surface area contributed by atoms with E-state index in [0.717, 1.165) is 41.9 Å². The molecule has 8 heteroatoms. The van der Waals surface area contributed by atoms with Crippen LogP contribution in [-0.2, 0) is 10.1 Å². The molecule has 0 unspecified atom stereocenters. The van der Waals surface area contributed by atoms with Gasteiger partial charge in [-0.15, -0.1) is 0 Å². The number of hydrogen-bond donors (Lipinski definition) is 2. The minimum absolute atomic E-state index is 0.320. The Morgan fingerprint density at radius 3 is 2.48 bits per heavy atom. The first kappa shape index (κ1) is 24.0. The number of hydrogen-bond acceptors (Lipinski definition) is 5. The number of ether oxygens (including phenoxy) is 1. The third-order valence-electron chi connectivity index (χ3n) is 5.15. The zero-order chi connectivity index (χ0) is 21.4. The monoisotopic (exact) mass is 443 g/mol. The lowest BCUT2D eigenvalue weighted by molar-refractivity contribution is 0.0928. The van der Waals surface area contributed by atoms with Crippen LogP contribution >= 0.6 is 11.8 Å². The van der Waals surface area contributed by atoms with Gasteiger partial charge in [-0.05, 0) is 74.3 Å². The highest BCUT2D eigenvalue weighted by Crippen LogP contribution is 2.27. The first-order valence-electron chi connectivity index (χ1n) is 10.3. The van der Waals surface area contributed by atoms with Crippen molar-refractivity contribution in [3.05, 3.63) is 28.8 Å². The molecular formula is C21H33NO5S2. The predicted octanol–water partition coefficient (Wildman–Crippen LogP) is 4.14. The summed E-state index contributed by atoms with van der Waals surface area (Å²) in [7, 11) is -4.18. The topological polar surface area (TPSA) is 92.7 Å². The summed E-state index contributed by atoms with van der Waals surface area (Å²) in [5.41, 5.74) is 2.24. The molecule has 1 fully saturated rings. The first-order chi connectivity index (χ1) is 13.7. The van der Waals surface area contributed by atoms with E-state index >= 15 is 0 Å². The van der Waals surface area contributed by atoms with Crippen LogP contribution in [0.25, 0.3) is 0 Å². The van der Waals surface area contributed by atoms with Crippen LogP contribution in [0.5, 0.6) is 5.75 Å². The Hall–Kier alpha value is -1.25. The molecule has 1 aromatic rings. The Kier molecular flexibility index (Phi) is 9.30. The van der Waals surface area contributed by atoms with Crippen molar-refractivity contribution in [2.45, 2.75) is 70.6 Å². The number of aryl methyl sites for hydroxylation is 2. The fourth-order valence-corrected chi connectivity index (χ4v) is 5.66. The van der Waals surface area contributed by atoms with E-state index in [2.05, 4.69) is 12.2 Å². The van der Waals surface area contributed by atoms with Crippen molar-refractivity contribution in [1.29, 1.82) is 0 Å². The lowest BCUT2D eigenvalue weighted by Gasteiger charge is -2.30. The molecule has 164 valence electrons. The van der Waals surface area contributed by atoms with Crippen molar-refractivity contribution >= 4 is 27.8 Å². The first-order valence-corrected chi connectivity index (χ1v) is 13.0. The van der Waals surface area contributed by atoms with Crippen molar-refractivity contribution < 1.29 is 22.5 Å². The summed E-state index contributed by atoms with van der Waals surface area (Å²) in [5.74, 6) is 2.72. The molecule has 1 aromatic carbocycles. The standard InChI is InChI=1S/C21H33NO5S2/c1-4-11-28-12-7-10-27-20-15(2)13-17(14-16(20)3)21(23)22-18-8-5-6-9-19(18)29(24,25)26/h13-14,18-19H,4-12H2,1-3H3,(H,22,23)(H,24,25,26)/t18-,19-/m0/s1. The fourth-order valence-electron chi connectivity index (χ4n) is 3.76. The maximum atomic E-state index is 12.7. The van der Waals surface area contributed by atoms with E-state index in [-0.39, 0.29) is 5.91 Å². The van der Waals surface area contributed by atoms with Gasteiger partial charge in [-0.3, -0.25) is 9.35 Å². The van der Waals surface area contributed by atoms with Crippen molar-refractivity contribution in [3.63, 3.8) is 0 Å². The van der Waals surface area contributed by atoms with Gasteiger partial charge in [0.05, 0.1) is 6.61 Å². The van der Waals surface area contributed by atoms with Crippen LogP contribution in [0, 0.1) is 13.8 Å². The van der Waals surface area contributed by atoms with Crippen molar-refractivity contribution in [2.24, 2.45) is 0 Å². The molecule has 1 saturated carbocycles. The van der Waals surface area contributed by atoms with Gasteiger partial charge >= 0.3 is 0 Å². The predicted molar refractivity (Wildman–Crippen MR) is 119 cm³/mol. The Morgan fingerprint density at radius 1 is 1.21 bits per heavy atom. The van der Waals surface area contributed by atoms with Crippen LogP contribution < -0.4 is 10.1 Å². The minimum atomic E-state index is -4.18. The van der Waals surface area contributed by atoms with E-state index in [0.29, 0.717) is 25.0 Å². The zero-order valence-electron chi connectivity index (χ0n) is 17.6. The third-order valence-corrected chi connectivity index (χ3v) is 7.76. The highest BCUT2D eigenvalue weighted by Gasteiger charge is 2.35. The molecule has 2 rings (SSSR count). The average Bonchev–Trinajstić information content (AvgIpc) is 2.65. The molecule has 1 amide bonds. The number of amides is 1. The SMILES string of the molecule is CCCSCCCOc1c(C)cc(C(=O)N[C@H]2CCCC[C@@H]2S(=O)(=O)O)cc1C. The van der Waals surface area contributed by atoms with E-state index in [4.69, 9.17) is 4.74 Å². The number of carbonyl (C=O) groups is 1. The Labute approximate surface area is 178 Å². The molecule has 6 nitrogen and oxygen atoms in total. The minimum Gasteiger partial charge on any atom is -0.493 e. The van der Waals surface area contributed by atoms with Gasteiger partial charge in [-0.2, -0.15) is 20.2 Å². The lowest BCUT2D eigenvalue weighted by atomic mass is 9.94. The third kappa shape index (κ3) is 7.19. The molecule has 0 spiro atoms. The van der Waals surface area contributed by atoms with Crippen LogP contribution in [0.3, 0.4) is 0 Å². The van der Waals surface area contributed by atoms with Crippen molar-refractivity contribution in [1.82, 2.24) is 5.32 Å². The smallest absolute Gasteiger partial charge is 0.269 e. The van der Waals surface area contributed by atoms with Crippen LogP contribution in [0.1, 0.15) is 66.9 Å². The second kappa shape index (κ2) is 11.2. The van der Waals surface area contributed by atoms with Crippen molar-refractivity contribution in [3.8, 4) is 5.75 Å². The Bertz CT molecular complexity index is 771. The molecule has 2 N–H and O–H groups in total. The molecule has 0 bridgehead atoms. The lowest BCUT2D eigenvalue weighted by Crippen LogP contribution is -2.48. The summed E-state index contributed by atoms with van der Waals surface area (Å²) in [5, 5.41) is 1.88. The summed E-state index contributed by atoms with van der Waals surface area (Å²) < 4.78 is 38.7. The zero-order valence-corrected chi connectivity index (χ0v) is 19.2. The summed E-state index contributed by atoms with van der Waals surface area (Å²) in [6.07, 6.45) is 4.64. The van der Waals surface area contributed by atoms with Gasteiger partial charge in [0.1, 0.15) is 11.0 Å². The molecule has 0 radical (unpaired) electrons. The molecule has 0 aliphatic heterocycles. The van der Waals surface area contributed by atoms with Crippen LogP contribution in [-0.4, -0.2) is 48.3 Å². The van der Waals surface area contributed by atoms with Gasteiger partial charge in [0.25, 0.3) is 16.0 Å². The summed E-state index contributed by atoms with van der Waals surface area (Å²) >= 11 is 1.93. The largest absolute Gasteiger partial charge is 0.493 e. The second-order valence-electron chi connectivity index (χ2n) is 7.67. The number of thioether (sulfide) groups is 1. The average molecular weight is 444 g/mol. The van der Waals surface area contributed by atoms with Crippen LogP contribution in [0.15, 0.2) is 12.1 Å². The van der Waals surface area contributed by atoms with E-state index in [1.165, 1.54) is 12.2 Å². The van der Waals surface area contributed by atoms with Crippen LogP contribution in [0.2, 0.25) is 0 Å². The highest BCUT2D eigenvalue weighted by atomic mass is 32.2. The summed E-state index contributed by atoms with van der Waals surface area (Å²) in [6.45, 7) is 6.63. The number of rotatable bonds is 10. The number of nitrogens with one attached hydrogen (secondary N) is 1. The van der Waals surface area contributed by atoms with Gasteiger partial charge in [-0.1, -0.05) is 19.8 Å². The molecular weight excluding hydrogens is 410 g/mol. The van der Waals surface area contributed by atoms with Gasteiger partial charge in [-0.25, -0.2) is 0 Å². The van der Waals surface area contributed by atoms with Gasteiger partial charge in [0, 0.05) is 11.6 Å². The van der Waals surface area contributed by atoms with E-state index in [9.17, 15) is 17.8 Å². The summed E-state index contributed by atoms with van der Waals surface area (Å²) in [6, 6.07) is 2.98. The second-order valence-corrected chi connectivity index (χ2v) is 10.5. The van der Waals surface area contributed by atoms with E-state index < -0.39 is 21.4 Å². The molecule has 0 saturated heterocycles. The molecule has 29 heavy (non-hydrogen) atoms. The molecule has 1 aliphatic carbocycles. The molecule has 1 aliphatic rings. The quantitative estimate of drug-likeness (QED) is 0.417. The molecule has 2 atom stereocenters. The maximum Gasteiger partial charge on any atom is 0.269 e. The van der Waals surface area contributed by atoms with E-state index in [1.807, 2.05) is 25.6 Å². The number of benzene rings is 1.